The van der Waals surface area contributed by atoms with E-state index in [1.54, 1.807) is 17.5 Å². The van der Waals surface area contributed by atoms with Gasteiger partial charge in [-0.3, -0.25) is 15.4 Å². The van der Waals surface area contributed by atoms with Crippen molar-refractivity contribution in [3.8, 4) is 11.3 Å². The summed E-state index contributed by atoms with van der Waals surface area (Å²) in [5.41, 5.74) is 0.560. The Hall–Kier alpha value is -3.32. The molecule has 2 heterocycles. The number of hydrogen-bond acceptors (Lipinski definition) is 7. The Morgan fingerprint density at radius 1 is 1.13 bits per heavy atom. The summed E-state index contributed by atoms with van der Waals surface area (Å²) in [6.07, 6.45) is 0. The highest BCUT2D eigenvalue weighted by atomic mass is 127. The lowest BCUT2D eigenvalue weighted by molar-refractivity contribution is -0.384. The quantitative estimate of drug-likeness (QED) is 0.163. The topological polar surface area (TPSA) is 127 Å². The molecule has 0 aliphatic rings. The van der Waals surface area contributed by atoms with Gasteiger partial charge in [-0.15, -0.1) is 11.3 Å². The van der Waals surface area contributed by atoms with Gasteiger partial charge in [0.05, 0.1) is 16.2 Å². The highest BCUT2D eigenvalue weighted by molar-refractivity contribution is 14.1. The third-order valence-corrected chi connectivity index (χ3v) is 5.51. The second-order valence-corrected chi connectivity index (χ2v) is 8.15. The molecule has 0 spiro atoms. The number of nitro groups is 1. The number of thiazole rings is 1. The number of fused-ring (bicyclic) bond motifs is 1. The molecule has 0 bridgehead atoms. The van der Waals surface area contributed by atoms with E-state index >= 15 is 0 Å². The zero-order valence-corrected chi connectivity index (χ0v) is 17.9. The average Bonchev–Trinajstić information content (AvgIpc) is 3.16. The first-order valence-corrected chi connectivity index (χ1v) is 10.4. The molecule has 4 rings (SSSR count). The maximum absolute atomic E-state index is 12.3. The van der Waals surface area contributed by atoms with Crippen LogP contribution >= 0.6 is 33.9 Å². The van der Waals surface area contributed by atoms with Gasteiger partial charge in [-0.2, -0.15) is 0 Å². The molecule has 0 aliphatic heterocycles. The first-order valence-electron chi connectivity index (χ1n) is 8.41. The third kappa shape index (κ3) is 4.31. The fourth-order valence-electron chi connectivity index (χ4n) is 2.65. The van der Waals surface area contributed by atoms with Crippen LogP contribution in [-0.4, -0.2) is 15.9 Å². The number of carbonyl (C=O) groups excluding carboxylic acids is 1. The van der Waals surface area contributed by atoms with Crippen LogP contribution in [0.1, 0.15) is 0 Å². The van der Waals surface area contributed by atoms with Crippen LogP contribution in [0, 0.1) is 13.7 Å². The number of amides is 2. The monoisotopic (exact) mass is 534 g/mol. The summed E-state index contributed by atoms with van der Waals surface area (Å²) in [6.45, 7) is 0. The van der Waals surface area contributed by atoms with E-state index in [0.29, 0.717) is 16.8 Å². The van der Waals surface area contributed by atoms with Gasteiger partial charge in [-0.25, -0.2) is 14.6 Å². The molecule has 0 fully saturated rings. The summed E-state index contributed by atoms with van der Waals surface area (Å²) in [5, 5.41) is 18.6. The Labute approximate surface area is 186 Å². The average molecular weight is 534 g/mol. The number of halogens is 1. The van der Waals surface area contributed by atoms with Gasteiger partial charge in [-0.05, 0) is 59.0 Å². The number of rotatable bonds is 4. The van der Waals surface area contributed by atoms with Gasteiger partial charge in [0.2, 0.25) is 0 Å². The van der Waals surface area contributed by atoms with Crippen molar-refractivity contribution in [1.29, 1.82) is 0 Å². The molecular weight excluding hydrogens is 523 g/mol. The number of nitro benzene ring substituents is 1. The smallest absolute Gasteiger partial charge is 0.345 e. The van der Waals surface area contributed by atoms with Gasteiger partial charge in [0.1, 0.15) is 5.58 Å². The number of anilines is 2. The summed E-state index contributed by atoms with van der Waals surface area (Å²) in [6, 6.07) is 12.2. The van der Waals surface area contributed by atoms with Crippen molar-refractivity contribution in [3.05, 3.63) is 78.0 Å². The fraction of sp³-hybridized carbons (Fsp3) is 0. The number of carbonyl (C=O) groups is 1. The molecule has 9 nitrogen and oxygen atoms in total. The lowest BCUT2D eigenvalue weighted by atomic mass is 10.1. The minimum Gasteiger partial charge on any atom is -0.422 e. The molecule has 2 amide bonds. The van der Waals surface area contributed by atoms with Crippen LogP contribution in [0.4, 0.5) is 21.3 Å². The fourth-order valence-corrected chi connectivity index (χ4v) is 3.72. The second kappa shape index (κ2) is 8.20. The van der Waals surface area contributed by atoms with Crippen LogP contribution in [0.25, 0.3) is 22.2 Å². The standard InChI is InChI=1S/C19H11IN4O5S/c20-11-1-3-12(4-2-11)21-18(26)23-19-22-15(9-30-19)14-8-10-7-13(24(27)28)5-6-16(10)29-17(14)25/h1-9H,(H2,21,22,23,26). The molecule has 2 N–H and O–H groups in total. The third-order valence-electron chi connectivity index (χ3n) is 4.03. The Kier molecular flexibility index (Phi) is 5.46. The lowest BCUT2D eigenvalue weighted by Crippen LogP contribution is -2.19. The van der Waals surface area contributed by atoms with Crippen LogP contribution in [0.15, 0.2) is 63.1 Å². The molecule has 11 heteroatoms. The summed E-state index contributed by atoms with van der Waals surface area (Å²) < 4.78 is 6.29. The zero-order chi connectivity index (χ0) is 21.3. The molecular formula is C19H11IN4O5S. The predicted molar refractivity (Wildman–Crippen MR) is 122 cm³/mol. The van der Waals surface area contributed by atoms with Crippen LogP contribution in [0.5, 0.6) is 0 Å². The largest absolute Gasteiger partial charge is 0.422 e. The molecule has 2 aromatic carbocycles. The summed E-state index contributed by atoms with van der Waals surface area (Å²) in [4.78, 5) is 39.2. The number of aromatic nitrogens is 1. The number of hydrogen-bond donors (Lipinski definition) is 2. The molecule has 2 aromatic heterocycles. The van der Waals surface area contributed by atoms with E-state index in [1.165, 1.54) is 24.3 Å². The Balaban J connectivity index is 1.57. The first kappa shape index (κ1) is 20.0. The maximum atomic E-state index is 12.3. The van der Waals surface area contributed by atoms with E-state index in [1.807, 2.05) is 12.1 Å². The molecule has 4 aromatic rings. The van der Waals surface area contributed by atoms with Crippen LogP contribution in [-0.2, 0) is 0 Å². The van der Waals surface area contributed by atoms with Gasteiger partial charge < -0.3 is 9.73 Å². The van der Waals surface area contributed by atoms with Crippen molar-refractivity contribution < 1.29 is 14.1 Å². The number of nitrogens with zero attached hydrogens (tertiary/aromatic N) is 2. The van der Waals surface area contributed by atoms with Crippen molar-refractivity contribution in [3.63, 3.8) is 0 Å². The Morgan fingerprint density at radius 3 is 2.63 bits per heavy atom. The molecule has 0 saturated heterocycles. The molecule has 0 saturated carbocycles. The zero-order valence-electron chi connectivity index (χ0n) is 14.9. The van der Waals surface area contributed by atoms with Gasteiger partial charge in [0.25, 0.3) is 5.69 Å². The van der Waals surface area contributed by atoms with E-state index in [-0.39, 0.29) is 22.0 Å². The van der Waals surface area contributed by atoms with Crippen molar-refractivity contribution >= 4 is 67.4 Å². The number of nitrogens with one attached hydrogen (secondary N) is 2. The van der Waals surface area contributed by atoms with Gasteiger partial charge in [-0.1, -0.05) is 0 Å². The molecule has 0 unspecified atom stereocenters. The van der Waals surface area contributed by atoms with E-state index in [4.69, 9.17) is 4.42 Å². The Morgan fingerprint density at radius 2 is 1.90 bits per heavy atom. The van der Waals surface area contributed by atoms with E-state index < -0.39 is 16.6 Å². The van der Waals surface area contributed by atoms with Gasteiger partial charge in [0, 0.05) is 32.2 Å². The van der Waals surface area contributed by atoms with Gasteiger partial charge >= 0.3 is 11.7 Å². The lowest BCUT2D eigenvalue weighted by Gasteiger charge is -2.05. The van der Waals surface area contributed by atoms with Crippen LogP contribution < -0.4 is 16.3 Å². The molecule has 150 valence electrons. The highest BCUT2D eigenvalue weighted by Crippen LogP contribution is 2.27. The molecule has 0 atom stereocenters. The van der Waals surface area contributed by atoms with Crippen molar-refractivity contribution in [2.24, 2.45) is 0 Å². The molecule has 0 radical (unpaired) electrons. The predicted octanol–water partition coefficient (Wildman–Crippen LogP) is 5.07. The summed E-state index contributed by atoms with van der Waals surface area (Å²) >= 11 is 3.30. The maximum Gasteiger partial charge on any atom is 0.345 e. The van der Waals surface area contributed by atoms with Crippen LogP contribution in [0.2, 0.25) is 0 Å². The second-order valence-electron chi connectivity index (χ2n) is 6.05. The highest BCUT2D eigenvalue weighted by Gasteiger charge is 2.15. The molecule has 0 aliphatic carbocycles. The van der Waals surface area contributed by atoms with E-state index in [0.717, 1.165) is 14.9 Å². The normalized spacial score (nSPS) is 10.7. The molecule has 30 heavy (non-hydrogen) atoms. The van der Waals surface area contributed by atoms with Gasteiger partial charge in [0.15, 0.2) is 5.13 Å². The summed E-state index contributed by atoms with van der Waals surface area (Å²) in [7, 11) is 0. The Bertz CT molecular complexity index is 1330. The number of benzene rings is 2. The van der Waals surface area contributed by atoms with E-state index in [9.17, 15) is 19.7 Å². The summed E-state index contributed by atoms with van der Waals surface area (Å²) in [5.74, 6) is 0. The minimum absolute atomic E-state index is 0.116. The van der Waals surface area contributed by atoms with Crippen LogP contribution in [0.3, 0.4) is 0 Å². The number of urea groups is 1. The van der Waals surface area contributed by atoms with Crippen molar-refractivity contribution in [2.45, 2.75) is 0 Å². The van der Waals surface area contributed by atoms with Crippen molar-refractivity contribution in [1.82, 2.24) is 4.98 Å². The number of non-ortho nitro benzene ring substituents is 1. The minimum atomic E-state index is -0.628. The van der Waals surface area contributed by atoms with E-state index in [2.05, 4.69) is 38.2 Å². The first-order chi connectivity index (χ1) is 14.4. The SMILES string of the molecule is O=C(Nc1ccc(I)cc1)Nc1nc(-c2cc3cc([N+](=O)[O-])ccc3oc2=O)cs1. The van der Waals surface area contributed by atoms with Crippen molar-refractivity contribution in [2.75, 3.05) is 10.6 Å².